The Balaban J connectivity index is 0.000000791. The van der Waals surface area contributed by atoms with E-state index in [2.05, 4.69) is 23.2 Å². The van der Waals surface area contributed by atoms with E-state index in [1.165, 1.54) is 0 Å². The first kappa shape index (κ1) is 14.1. The van der Waals surface area contributed by atoms with E-state index in [0.717, 1.165) is 38.4 Å². The van der Waals surface area contributed by atoms with Crippen molar-refractivity contribution in [2.45, 2.75) is 27.2 Å². The zero-order chi connectivity index (χ0) is 11.0. The minimum Gasteiger partial charge on any atom is -0.304 e. The highest BCUT2D eigenvalue weighted by atomic mass is 32.2. The van der Waals surface area contributed by atoms with Crippen LogP contribution in [0.2, 0.25) is 0 Å². The van der Waals surface area contributed by atoms with E-state index < -0.39 is 11.0 Å². The minimum atomic E-state index is -0.715. The molecule has 0 amide bonds. The molecule has 1 aliphatic rings. The topological polar surface area (TPSA) is 23.6 Å². The van der Waals surface area contributed by atoms with Crippen LogP contribution >= 0.6 is 0 Å². The second-order valence-electron chi connectivity index (χ2n) is 3.26. The lowest BCUT2D eigenvalue weighted by Gasteiger charge is -2.31. The van der Waals surface area contributed by atoms with Crippen LogP contribution in [0.4, 0.5) is 0 Å². The predicted octanol–water partition coefficient (Wildman–Crippen LogP) is 1.33. The van der Waals surface area contributed by atoms with Gasteiger partial charge in [0.25, 0.3) is 0 Å². The van der Waals surface area contributed by atoms with Crippen LogP contribution in [0.5, 0.6) is 0 Å². The second kappa shape index (κ2) is 8.38. The molecule has 0 radical (unpaired) electrons. The lowest BCUT2D eigenvalue weighted by molar-refractivity contribution is 0.228. The molecule has 1 unspecified atom stereocenters. The molecule has 1 rings (SSSR count). The number of likely N-dealkylation sites (N-methyl/N-ethyl adjacent to an activating group) is 1. The van der Waals surface area contributed by atoms with Crippen LogP contribution in [-0.2, 0) is 11.0 Å². The first-order chi connectivity index (χ1) is 6.74. The monoisotopic (exact) mass is 220 g/mol. The Hall–Kier alpha value is 0.0700. The fourth-order valence-electron chi connectivity index (χ4n) is 1.30. The molecule has 4 heteroatoms. The molecule has 14 heavy (non-hydrogen) atoms. The van der Waals surface area contributed by atoms with Crippen LogP contribution in [0.15, 0.2) is 0 Å². The largest absolute Gasteiger partial charge is 0.304 e. The normalized spacial score (nSPS) is 21.1. The summed E-state index contributed by atoms with van der Waals surface area (Å²) < 4.78 is 13.6. The molecule has 86 valence electrons. The maximum absolute atomic E-state index is 11.5. The number of nitrogens with zero attached hydrogens (tertiary/aromatic N) is 2. The van der Waals surface area contributed by atoms with Crippen molar-refractivity contribution in [3.05, 3.63) is 0 Å². The van der Waals surface area contributed by atoms with Crippen molar-refractivity contribution in [3.8, 4) is 0 Å². The summed E-state index contributed by atoms with van der Waals surface area (Å²) in [5.41, 5.74) is 0. The fourth-order valence-corrected chi connectivity index (χ4v) is 2.47. The van der Waals surface area contributed by atoms with Gasteiger partial charge in [-0.2, -0.15) is 0 Å². The van der Waals surface area contributed by atoms with Gasteiger partial charge >= 0.3 is 0 Å². The van der Waals surface area contributed by atoms with Crippen molar-refractivity contribution in [2.24, 2.45) is 0 Å². The van der Waals surface area contributed by atoms with Crippen molar-refractivity contribution in [1.29, 1.82) is 0 Å². The molecule has 0 aromatic rings. The average molecular weight is 220 g/mol. The summed E-state index contributed by atoms with van der Waals surface area (Å²) >= 11 is 0. The summed E-state index contributed by atoms with van der Waals surface area (Å²) in [5, 5.41) is 0. The Bertz CT molecular complexity index is 156. The van der Waals surface area contributed by atoms with E-state index in [1.54, 1.807) is 0 Å². The molecular weight excluding hydrogens is 196 g/mol. The van der Waals surface area contributed by atoms with E-state index in [-0.39, 0.29) is 0 Å². The van der Waals surface area contributed by atoms with Gasteiger partial charge in [0.15, 0.2) is 0 Å². The Morgan fingerprint density at radius 3 is 2.07 bits per heavy atom. The summed E-state index contributed by atoms with van der Waals surface area (Å²) in [4.78, 5) is 2.28. The minimum absolute atomic E-state index is 0.715. The molecule has 0 aromatic carbocycles. The third-order valence-corrected chi connectivity index (χ3v) is 3.83. The van der Waals surface area contributed by atoms with Crippen molar-refractivity contribution in [3.63, 3.8) is 0 Å². The third-order valence-electron chi connectivity index (χ3n) is 2.13. The quantitative estimate of drug-likeness (QED) is 0.716. The molecule has 1 atom stereocenters. The van der Waals surface area contributed by atoms with Gasteiger partial charge in [-0.1, -0.05) is 20.8 Å². The smallest absolute Gasteiger partial charge is 0.0943 e. The van der Waals surface area contributed by atoms with E-state index >= 15 is 0 Å². The molecule has 0 aliphatic carbocycles. The summed E-state index contributed by atoms with van der Waals surface area (Å²) in [6.07, 6.45) is 1.01. The average Bonchev–Trinajstić information content (AvgIpc) is 2.22. The van der Waals surface area contributed by atoms with Gasteiger partial charge in [-0.15, -0.1) is 0 Å². The summed E-state index contributed by atoms with van der Waals surface area (Å²) in [7, 11) is 1.40. The Kier molecular flexibility index (Phi) is 8.43. The summed E-state index contributed by atoms with van der Waals surface area (Å²) in [6, 6.07) is 0. The maximum atomic E-state index is 11.5. The van der Waals surface area contributed by atoms with Gasteiger partial charge in [0, 0.05) is 31.9 Å². The Labute approximate surface area is 91.1 Å². The van der Waals surface area contributed by atoms with Crippen LogP contribution in [0, 0.1) is 0 Å². The molecule has 1 saturated heterocycles. The molecule has 1 aliphatic heterocycles. The SMILES string of the molecule is CC.CCCS(=O)N1CCN(C)CC1. The molecule has 0 aromatic heterocycles. The first-order valence-corrected chi connectivity index (χ1v) is 6.83. The third kappa shape index (κ3) is 5.08. The zero-order valence-electron chi connectivity index (χ0n) is 9.95. The highest BCUT2D eigenvalue weighted by Gasteiger charge is 2.17. The van der Waals surface area contributed by atoms with E-state index in [0.29, 0.717) is 0 Å². The number of hydrogen-bond acceptors (Lipinski definition) is 2. The fraction of sp³-hybridized carbons (Fsp3) is 1.00. The van der Waals surface area contributed by atoms with Gasteiger partial charge in [-0.25, -0.2) is 8.51 Å². The van der Waals surface area contributed by atoms with Crippen molar-refractivity contribution >= 4 is 11.0 Å². The van der Waals surface area contributed by atoms with Crippen LogP contribution < -0.4 is 0 Å². The van der Waals surface area contributed by atoms with Gasteiger partial charge in [-0.3, -0.25) is 0 Å². The summed E-state index contributed by atoms with van der Waals surface area (Å²) in [6.45, 7) is 10.1. The van der Waals surface area contributed by atoms with Gasteiger partial charge in [0.2, 0.25) is 0 Å². The predicted molar refractivity (Wildman–Crippen MR) is 63.7 cm³/mol. The van der Waals surface area contributed by atoms with Crippen LogP contribution in [0.3, 0.4) is 0 Å². The van der Waals surface area contributed by atoms with Gasteiger partial charge < -0.3 is 4.90 Å². The van der Waals surface area contributed by atoms with Gasteiger partial charge in [-0.05, 0) is 13.5 Å². The molecule has 0 spiro atoms. The van der Waals surface area contributed by atoms with Gasteiger partial charge in [0.1, 0.15) is 0 Å². The maximum Gasteiger partial charge on any atom is 0.0943 e. The molecule has 3 nitrogen and oxygen atoms in total. The molecule has 1 heterocycles. The molecule has 0 saturated carbocycles. The van der Waals surface area contributed by atoms with Crippen molar-refractivity contribution in [2.75, 3.05) is 39.0 Å². The van der Waals surface area contributed by atoms with Crippen molar-refractivity contribution in [1.82, 2.24) is 9.21 Å². The van der Waals surface area contributed by atoms with E-state index in [4.69, 9.17) is 0 Å². The first-order valence-electron chi connectivity index (χ1n) is 5.56. The summed E-state index contributed by atoms with van der Waals surface area (Å²) in [5.74, 6) is 0.823. The standard InChI is InChI=1S/C8H18N2OS.C2H6/c1-3-8-12(11)10-6-4-9(2)5-7-10;1-2/h3-8H2,1-2H3;1-2H3. The molecular formula is C10H24N2OS. The second-order valence-corrected chi connectivity index (χ2v) is 4.83. The van der Waals surface area contributed by atoms with E-state index in [9.17, 15) is 4.21 Å². The molecule has 0 N–H and O–H groups in total. The van der Waals surface area contributed by atoms with Gasteiger partial charge in [0.05, 0.1) is 11.0 Å². The van der Waals surface area contributed by atoms with Crippen molar-refractivity contribution < 1.29 is 4.21 Å². The lowest BCUT2D eigenvalue weighted by atomic mass is 10.4. The molecule has 0 bridgehead atoms. The number of hydrogen-bond donors (Lipinski definition) is 0. The van der Waals surface area contributed by atoms with Crippen LogP contribution in [0.25, 0.3) is 0 Å². The highest BCUT2D eigenvalue weighted by Crippen LogP contribution is 2.03. The van der Waals surface area contributed by atoms with Crippen LogP contribution in [-0.4, -0.2) is 52.4 Å². The zero-order valence-corrected chi connectivity index (χ0v) is 10.8. The Morgan fingerprint density at radius 2 is 1.64 bits per heavy atom. The number of rotatable bonds is 3. The Morgan fingerprint density at radius 1 is 1.14 bits per heavy atom. The van der Waals surface area contributed by atoms with E-state index in [1.807, 2.05) is 13.8 Å². The lowest BCUT2D eigenvalue weighted by Crippen LogP contribution is -2.45. The molecule has 1 fully saturated rings. The highest BCUT2D eigenvalue weighted by molar-refractivity contribution is 7.82. The number of piperazine rings is 1. The van der Waals surface area contributed by atoms with Crippen LogP contribution in [0.1, 0.15) is 27.2 Å².